The number of Topliss-reactive ketones (excluding diaryl/α,β-unsaturated/α-hetero) is 2. The summed E-state index contributed by atoms with van der Waals surface area (Å²) >= 11 is 3.00. The minimum atomic E-state index is -0.719. The number of aliphatic hydroxyl groups is 1. The summed E-state index contributed by atoms with van der Waals surface area (Å²) in [6, 6.07) is 0. The molecule has 15 heavy (non-hydrogen) atoms. The molecule has 0 heterocycles. The molecule has 0 amide bonds. The lowest BCUT2D eigenvalue weighted by Crippen LogP contribution is -2.32. The van der Waals surface area contributed by atoms with Gasteiger partial charge in [0, 0.05) is 5.41 Å². The monoisotopic (exact) mass is 272 g/mol. The van der Waals surface area contributed by atoms with Gasteiger partial charge in [0.25, 0.3) is 0 Å². The van der Waals surface area contributed by atoms with Crippen LogP contribution in [0.15, 0.2) is 23.0 Å². The van der Waals surface area contributed by atoms with E-state index >= 15 is 0 Å². The Balaban J connectivity index is 3.33. The van der Waals surface area contributed by atoms with Crippen LogP contribution < -0.4 is 0 Å². The van der Waals surface area contributed by atoms with Gasteiger partial charge in [0.05, 0.1) is 5.33 Å². The molecule has 3 nitrogen and oxygen atoms in total. The third-order valence-corrected chi connectivity index (χ3v) is 2.91. The van der Waals surface area contributed by atoms with Crippen LogP contribution in [0.3, 0.4) is 0 Å². The summed E-state index contributed by atoms with van der Waals surface area (Å²) in [5, 5.41) is 9.73. The summed E-state index contributed by atoms with van der Waals surface area (Å²) in [5.41, 5.74) is -0.232. The van der Waals surface area contributed by atoms with E-state index in [1.54, 1.807) is 26.8 Å². The Labute approximate surface area is 97.0 Å². The molecule has 0 saturated heterocycles. The summed E-state index contributed by atoms with van der Waals surface area (Å²) < 4.78 is 0. The fourth-order valence-electron chi connectivity index (χ4n) is 1.63. The number of hydrogen-bond acceptors (Lipinski definition) is 3. The molecule has 4 heteroatoms. The molecule has 0 atom stereocenters. The average Bonchev–Trinajstić information content (AvgIpc) is 2.14. The van der Waals surface area contributed by atoms with Gasteiger partial charge in [0.1, 0.15) is 11.3 Å². The lowest BCUT2D eigenvalue weighted by Gasteiger charge is -2.26. The maximum absolute atomic E-state index is 11.9. The maximum atomic E-state index is 11.9. The summed E-state index contributed by atoms with van der Waals surface area (Å²) in [6.45, 7) is 5.14. The molecule has 0 aromatic heterocycles. The zero-order valence-electron chi connectivity index (χ0n) is 8.93. The van der Waals surface area contributed by atoms with Crippen LogP contribution in [-0.2, 0) is 9.59 Å². The Morgan fingerprint density at radius 3 is 2.53 bits per heavy atom. The second-order valence-corrected chi connectivity index (χ2v) is 4.72. The molecule has 1 rings (SSSR count). The summed E-state index contributed by atoms with van der Waals surface area (Å²) in [4.78, 5) is 23.4. The molecule has 82 valence electrons. The van der Waals surface area contributed by atoms with E-state index in [1.807, 2.05) is 0 Å². The van der Waals surface area contributed by atoms with Crippen molar-refractivity contribution < 1.29 is 14.7 Å². The van der Waals surface area contributed by atoms with Crippen molar-refractivity contribution in [1.82, 2.24) is 0 Å². The fraction of sp³-hybridized carbons (Fsp3) is 0.455. The molecule has 0 aromatic carbocycles. The van der Waals surface area contributed by atoms with Crippen molar-refractivity contribution in [3.05, 3.63) is 23.0 Å². The second kappa shape index (κ2) is 3.93. The second-order valence-electron chi connectivity index (χ2n) is 4.16. The molecule has 0 aliphatic heterocycles. The van der Waals surface area contributed by atoms with E-state index < -0.39 is 5.41 Å². The van der Waals surface area contributed by atoms with E-state index in [4.69, 9.17) is 0 Å². The molecule has 1 N–H and O–H groups in total. The normalized spacial score (nSPS) is 20.3. The van der Waals surface area contributed by atoms with Crippen molar-refractivity contribution in [2.75, 3.05) is 5.33 Å². The average molecular weight is 273 g/mol. The number of hydrogen-bond donors (Lipinski definition) is 1. The van der Waals surface area contributed by atoms with Gasteiger partial charge in [-0.15, -0.1) is 0 Å². The highest BCUT2D eigenvalue weighted by Gasteiger charge is 2.37. The number of carbonyl (C=O) groups is 2. The van der Waals surface area contributed by atoms with E-state index in [1.165, 1.54) is 0 Å². The lowest BCUT2D eigenvalue weighted by molar-refractivity contribution is -0.124. The number of allylic oxidation sites excluding steroid dienone is 3. The minimum absolute atomic E-state index is 0.0431. The summed E-state index contributed by atoms with van der Waals surface area (Å²) in [5.74, 6) is -0.892. The first-order valence-electron chi connectivity index (χ1n) is 4.58. The van der Waals surface area contributed by atoms with Gasteiger partial charge in [-0.05, 0) is 26.3 Å². The van der Waals surface area contributed by atoms with Crippen LogP contribution in [0.5, 0.6) is 0 Å². The van der Waals surface area contributed by atoms with Crippen LogP contribution >= 0.6 is 15.9 Å². The van der Waals surface area contributed by atoms with Crippen LogP contribution in [-0.4, -0.2) is 22.0 Å². The Kier molecular flexibility index (Phi) is 3.19. The fourth-order valence-corrected chi connectivity index (χ4v) is 1.91. The molecule has 0 radical (unpaired) electrons. The first-order valence-corrected chi connectivity index (χ1v) is 5.70. The van der Waals surface area contributed by atoms with Crippen LogP contribution in [0.25, 0.3) is 0 Å². The third kappa shape index (κ3) is 2.04. The molecular weight excluding hydrogens is 260 g/mol. The van der Waals surface area contributed by atoms with Gasteiger partial charge in [-0.2, -0.15) is 0 Å². The Bertz CT molecular complexity index is 389. The van der Waals surface area contributed by atoms with Gasteiger partial charge < -0.3 is 5.11 Å². The number of carbonyl (C=O) groups excluding carboxylic acids is 2. The molecule has 0 fully saturated rings. The van der Waals surface area contributed by atoms with Crippen LogP contribution in [0.2, 0.25) is 0 Å². The Hall–Kier alpha value is -0.900. The van der Waals surface area contributed by atoms with Crippen molar-refractivity contribution in [1.29, 1.82) is 0 Å². The minimum Gasteiger partial charge on any atom is -0.507 e. The largest absolute Gasteiger partial charge is 0.507 e. The summed E-state index contributed by atoms with van der Waals surface area (Å²) in [7, 11) is 0. The Morgan fingerprint density at radius 2 is 2.07 bits per heavy atom. The van der Waals surface area contributed by atoms with E-state index in [0.717, 1.165) is 0 Å². The zero-order chi connectivity index (χ0) is 11.8. The molecular formula is C11H13BrO3. The van der Waals surface area contributed by atoms with Crippen LogP contribution in [0, 0.1) is 5.41 Å². The molecule has 1 aliphatic carbocycles. The molecule has 0 saturated carbocycles. The van der Waals surface area contributed by atoms with E-state index in [2.05, 4.69) is 15.9 Å². The topological polar surface area (TPSA) is 54.4 Å². The van der Waals surface area contributed by atoms with Crippen LogP contribution in [0.1, 0.15) is 20.8 Å². The van der Waals surface area contributed by atoms with Crippen molar-refractivity contribution in [3.8, 4) is 0 Å². The highest BCUT2D eigenvalue weighted by atomic mass is 79.9. The highest BCUT2D eigenvalue weighted by Crippen LogP contribution is 2.33. The first kappa shape index (κ1) is 12.2. The van der Waals surface area contributed by atoms with Crippen molar-refractivity contribution in [2.24, 2.45) is 5.41 Å². The van der Waals surface area contributed by atoms with Gasteiger partial charge in [-0.3, -0.25) is 9.59 Å². The quantitative estimate of drug-likeness (QED) is 0.620. The molecule has 0 spiro atoms. The van der Waals surface area contributed by atoms with E-state index in [-0.39, 0.29) is 28.2 Å². The van der Waals surface area contributed by atoms with Gasteiger partial charge >= 0.3 is 0 Å². The number of ketones is 2. The predicted octanol–water partition coefficient (Wildman–Crippen LogP) is 2.32. The van der Waals surface area contributed by atoms with Crippen molar-refractivity contribution in [2.45, 2.75) is 20.8 Å². The lowest BCUT2D eigenvalue weighted by atomic mass is 9.76. The van der Waals surface area contributed by atoms with Gasteiger partial charge in [-0.25, -0.2) is 0 Å². The van der Waals surface area contributed by atoms with Gasteiger partial charge in [0.2, 0.25) is 0 Å². The van der Waals surface area contributed by atoms with Gasteiger partial charge in [0.15, 0.2) is 11.6 Å². The van der Waals surface area contributed by atoms with E-state index in [0.29, 0.717) is 5.57 Å². The van der Waals surface area contributed by atoms with Gasteiger partial charge in [-0.1, -0.05) is 22.0 Å². The number of alkyl halides is 1. The zero-order valence-corrected chi connectivity index (χ0v) is 10.5. The van der Waals surface area contributed by atoms with Crippen molar-refractivity contribution >= 4 is 27.5 Å². The number of aliphatic hydroxyl groups excluding tert-OH is 1. The maximum Gasteiger partial charge on any atom is 0.180 e. The first-order chi connectivity index (χ1) is 6.81. The molecule has 0 bridgehead atoms. The predicted molar refractivity (Wildman–Crippen MR) is 61.0 cm³/mol. The Morgan fingerprint density at radius 1 is 1.53 bits per heavy atom. The SMILES string of the molecule is CC1=CC(C)(C)C(=O)C(C(=O)CBr)=C1O. The molecule has 1 aliphatic rings. The highest BCUT2D eigenvalue weighted by molar-refractivity contribution is 9.09. The summed E-state index contributed by atoms with van der Waals surface area (Å²) in [6.07, 6.45) is 1.68. The van der Waals surface area contributed by atoms with Crippen molar-refractivity contribution in [3.63, 3.8) is 0 Å². The number of halogens is 1. The molecule has 0 unspecified atom stereocenters. The third-order valence-electron chi connectivity index (χ3n) is 2.40. The standard InChI is InChI=1S/C11H13BrO3/c1-6-4-11(2,3)10(15)8(9(6)14)7(13)5-12/h4,14H,5H2,1-3H3. The van der Waals surface area contributed by atoms with Crippen LogP contribution in [0.4, 0.5) is 0 Å². The van der Waals surface area contributed by atoms with E-state index in [9.17, 15) is 14.7 Å². The molecule has 0 aromatic rings. The smallest absolute Gasteiger partial charge is 0.180 e. The number of rotatable bonds is 2.